The van der Waals surface area contributed by atoms with Crippen LogP contribution in [-0.2, 0) is 10.0 Å². The van der Waals surface area contributed by atoms with E-state index in [1.807, 2.05) is 11.6 Å². The van der Waals surface area contributed by atoms with Crippen LogP contribution in [0.5, 0.6) is 0 Å². The van der Waals surface area contributed by atoms with E-state index < -0.39 is 10.0 Å². The van der Waals surface area contributed by atoms with Crippen molar-refractivity contribution in [1.29, 1.82) is 0 Å². The molecule has 156 valence electrons. The van der Waals surface area contributed by atoms with Crippen LogP contribution in [0.25, 0.3) is 22.1 Å². The first-order valence-electron chi connectivity index (χ1n) is 10.1. The molecule has 5 rings (SSSR count). The summed E-state index contributed by atoms with van der Waals surface area (Å²) in [5.74, 6) is 0.554. The lowest BCUT2D eigenvalue weighted by Gasteiger charge is -2.33. The van der Waals surface area contributed by atoms with Crippen molar-refractivity contribution < 1.29 is 8.42 Å². The fraction of sp³-hybridized carbons (Fsp3) is 0.333. The number of hydrogen-bond acceptors (Lipinski definition) is 6. The maximum atomic E-state index is 13.2. The second-order valence-corrected chi connectivity index (χ2v) is 9.70. The summed E-state index contributed by atoms with van der Waals surface area (Å²) in [6.45, 7) is 4.42. The maximum Gasteiger partial charge on any atom is 0.269 e. The standard InChI is InChI=1S/C21H24N6O2S/c1-15-2-4-17(5-3-15)30(28,29)27-11-8-18-20-19(13-23-21(18)27)24-14-26(20)25-9-6-16(12-22)7-10-25/h2-5,8,11,13-14,16H,6-7,9-10,12,22H2,1H3. The molecule has 1 aliphatic rings. The summed E-state index contributed by atoms with van der Waals surface area (Å²) in [5, 5.41) is 3.01. The molecule has 0 unspecified atom stereocenters. The molecule has 30 heavy (non-hydrogen) atoms. The van der Waals surface area contributed by atoms with Gasteiger partial charge in [-0.25, -0.2) is 27.0 Å². The summed E-state index contributed by atoms with van der Waals surface area (Å²) in [4.78, 5) is 9.17. The third-order valence-corrected chi connectivity index (χ3v) is 7.66. The molecule has 0 amide bonds. The molecule has 9 heteroatoms. The molecule has 4 heterocycles. The molecule has 3 aromatic heterocycles. The van der Waals surface area contributed by atoms with Gasteiger partial charge in [-0.05, 0) is 50.4 Å². The third-order valence-electron chi connectivity index (χ3n) is 5.98. The fourth-order valence-corrected chi connectivity index (χ4v) is 5.45. The van der Waals surface area contributed by atoms with Crippen LogP contribution in [0.2, 0.25) is 0 Å². The molecule has 1 saturated heterocycles. The molecule has 1 aromatic carbocycles. The zero-order valence-electron chi connectivity index (χ0n) is 16.8. The number of aromatic nitrogens is 4. The molecular formula is C21H24N6O2S. The first kappa shape index (κ1) is 19.1. The van der Waals surface area contributed by atoms with Gasteiger partial charge in [0.15, 0.2) is 5.65 Å². The Hall–Kier alpha value is -2.91. The Labute approximate surface area is 175 Å². The van der Waals surface area contributed by atoms with E-state index in [-0.39, 0.29) is 4.90 Å². The highest BCUT2D eigenvalue weighted by molar-refractivity contribution is 7.90. The molecule has 0 spiro atoms. The summed E-state index contributed by atoms with van der Waals surface area (Å²) in [6.07, 6.45) is 7.08. The molecule has 1 fully saturated rings. The quantitative estimate of drug-likeness (QED) is 0.539. The van der Waals surface area contributed by atoms with Gasteiger partial charge >= 0.3 is 0 Å². The topological polar surface area (TPSA) is 99.0 Å². The van der Waals surface area contributed by atoms with E-state index in [9.17, 15) is 8.42 Å². The Morgan fingerprint density at radius 3 is 2.53 bits per heavy atom. The summed E-state index contributed by atoms with van der Waals surface area (Å²) in [5.41, 5.74) is 8.86. The number of imidazole rings is 1. The van der Waals surface area contributed by atoms with Crippen LogP contribution in [0.15, 0.2) is 53.9 Å². The van der Waals surface area contributed by atoms with E-state index in [4.69, 9.17) is 5.73 Å². The lowest BCUT2D eigenvalue weighted by atomic mass is 9.98. The molecule has 0 radical (unpaired) electrons. The van der Waals surface area contributed by atoms with Crippen LogP contribution < -0.4 is 10.7 Å². The predicted octanol–water partition coefficient (Wildman–Crippen LogP) is 2.24. The first-order valence-corrected chi connectivity index (χ1v) is 11.5. The van der Waals surface area contributed by atoms with Gasteiger partial charge in [-0.1, -0.05) is 17.7 Å². The summed E-state index contributed by atoms with van der Waals surface area (Å²) < 4.78 is 29.7. The second kappa shape index (κ2) is 7.10. The number of benzene rings is 1. The van der Waals surface area contributed by atoms with Gasteiger partial charge < -0.3 is 10.7 Å². The predicted molar refractivity (Wildman–Crippen MR) is 117 cm³/mol. The van der Waals surface area contributed by atoms with Gasteiger partial charge in [0.25, 0.3) is 10.0 Å². The molecule has 0 aliphatic carbocycles. The molecule has 0 atom stereocenters. The normalized spacial score (nSPS) is 16.0. The van der Waals surface area contributed by atoms with Gasteiger partial charge in [-0.15, -0.1) is 0 Å². The van der Waals surface area contributed by atoms with Crippen molar-refractivity contribution in [3.8, 4) is 0 Å². The monoisotopic (exact) mass is 424 g/mol. The van der Waals surface area contributed by atoms with Gasteiger partial charge in [0.2, 0.25) is 0 Å². The number of rotatable bonds is 4. The number of fused-ring (bicyclic) bond motifs is 3. The van der Waals surface area contributed by atoms with Crippen LogP contribution in [0.1, 0.15) is 18.4 Å². The van der Waals surface area contributed by atoms with E-state index in [1.165, 1.54) is 3.97 Å². The summed E-state index contributed by atoms with van der Waals surface area (Å²) in [6, 6.07) is 8.65. The van der Waals surface area contributed by atoms with E-state index >= 15 is 0 Å². The van der Waals surface area contributed by atoms with Gasteiger partial charge in [0, 0.05) is 24.7 Å². The summed E-state index contributed by atoms with van der Waals surface area (Å²) >= 11 is 0. The van der Waals surface area contributed by atoms with Crippen molar-refractivity contribution in [3.63, 3.8) is 0 Å². The van der Waals surface area contributed by atoms with Crippen molar-refractivity contribution in [1.82, 2.24) is 18.6 Å². The highest BCUT2D eigenvalue weighted by Crippen LogP contribution is 2.28. The minimum Gasteiger partial charge on any atom is -0.330 e. The van der Waals surface area contributed by atoms with Crippen LogP contribution >= 0.6 is 0 Å². The molecule has 1 aliphatic heterocycles. The lowest BCUT2D eigenvalue weighted by Crippen LogP contribution is -2.42. The summed E-state index contributed by atoms with van der Waals surface area (Å²) in [7, 11) is -3.74. The van der Waals surface area contributed by atoms with Crippen molar-refractivity contribution in [2.45, 2.75) is 24.7 Å². The van der Waals surface area contributed by atoms with Gasteiger partial charge in [-0.2, -0.15) is 0 Å². The Kier molecular flexibility index (Phi) is 4.52. The Morgan fingerprint density at radius 2 is 1.83 bits per heavy atom. The number of nitrogens with zero attached hydrogens (tertiary/aromatic N) is 5. The molecular weight excluding hydrogens is 400 g/mol. The molecule has 0 bridgehead atoms. The zero-order valence-corrected chi connectivity index (χ0v) is 17.6. The number of pyridine rings is 1. The average Bonchev–Trinajstić information content (AvgIpc) is 3.38. The van der Waals surface area contributed by atoms with Crippen molar-refractivity contribution in [2.75, 3.05) is 24.6 Å². The molecule has 0 saturated carbocycles. The smallest absolute Gasteiger partial charge is 0.269 e. The number of aryl methyl sites for hydroxylation is 1. The minimum absolute atomic E-state index is 0.241. The van der Waals surface area contributed by atoms with Crippen LogP contribution in [-0.4, -0.2) is 46.7 Å². The lowest BCUT2D eigenvalue weighted by molar-refractivity contribution is 0.373. The van der Waals surface area contributed by atoms with Crippen LogP contribution in [0, 0.1) is 12.8 Å². The highest BCUT2D eigenvalue weighted by Gasteiger charge is 2.24. The van der Waals surface area contributed by atoms with Crippen molar-refractivity contribution in [3.05, 3.63) is 54.6 Å². The average molecular weight is 425 g/mol. The van der Waals surface area contributed by atoms with Gasteiger partial charge in [-0.3, -0.25) is 0 Å². The Balaban J connectivity index is 1.61. The number of nitrogens with two attached hydrogens (primary N) is 1. The van der Waals surface area contributed by atoms with Crippen molar-refractivity contribution in [2.24, 2.45) is 11.7 Å². The van der Waals surface area contributed by atoms with E-state index in [0.29, 0.717) is 18.1 Å². The van der Waals surface area contributed by atoms with Crippen LogP contribution in [0.4, 0.5) is 0 Å². The van der Waals surface area contributed by atoms with E-state index in [1.54, 1.807) is 49.1 Å². The third kappa shape index (κ3) is 2.96. The van der Waals surface area contributed by atoms with Gasteiger partial charge in [0.05, 0.1) is 11.1 Å². The number of hydrogen-bond donors (Lipinski definition) is 1. The van der Waals surface area contributed by atoms with E-state index in [2.05, 4.69) is 15.0 Å². The highest BCUT2D eigenvalue weighted by atomic mass is 32.2. The minimum atomic E-state index is -3.74. The Bertz CT molecular complexity index is 1320. The molecule has 8 nitrogen and oxygen atoms in total. The second-order valence-electron chi connectivity index (χ2n) is 7.88. The van der Waals surface area contributed by atoms with Crippen molar-refractivity contribution >= 4 is 32.1 Å². The SMILES string of the molecule is Cc1ccc(S(=O)(=O)n2ccc3c4c(cnc32)ncn4N2CCC(CN)CC2)cc1. The van der Waals surface area contributed by atoms with Crippen LogP contribution in [0.3, 0.4) is 0 Å². The Morgan fingerprint density at radius 1 is 1.10 bits per heavy atom. The molecule has 2 N–H and O–H groups in total. The van der Waals surface area contributed by atoms with Gasteiger partial charge in [0.1, 0.15) is 17.4 Å². The maximum absolute atomic E-state index is 13.2. The largest absolute Gasteiger partial charge is 0.330 e. The molecule has 4 aromatic rings. The fourth-order valence-electron chi connectivity index (χ4n) is 4.15. The first-order chi connectivity index (χ1) is 14.5. The van der Waals surface area contributed by atoms with E-state index in [0.717, 1.165) is 47.9 Å². The number of piperidine rings is 1. The zero-order chi connectivity index (χ0) is 20.9.